The van der Waals surface area contributed by atoms with Crippen molar-refractivity contribution in [3.63, 3.8) is 0 Å². The van der Waals surface area contributed by atoms with Crippen molar-refractivity contribution in [3.8, 4) is 17.2 Å². The van der Waals surface area contributed by atoms with E-state index in [0.717, 1.165) is 44.6 Å². The van der Waals surface area contributed by atoms with Crippen LogP contribution in [0, 0.1) is 24.2 Å². The Balaban J connectivity index is 0.000000681. The molecule has 2 heterocycles. The van der Waals surface area contributed by atoms with Crippen molar-refractivity contribution in [2.75, 3.05) is 6.26 Å². The topological polar surface area (TPSA) is 88.6 Å². The molecule has 40 heavy (non-hydrogen) atoms. The van der Waals surface area contributed by atoms with Crippen LogP contribution in [0.5, 0.6) is 0 Å². The Morgan fingerprint density at radius 3 is 2.33 bits per heavy atom. The Hall–Kier alpha value is -4.54. The molecule has 7 heteroatoms. The zero-order valence-corrected chi connectivity index (χ0v) is 24.1. The number of hydrogen-bond donors (Lipinski definition) is 0. The van der Waals surface area contributed by atoms with E-state index in [1.807, 2.05) is 68.2 Å². The summed E-state index contributed by atoms with van der Waals surface area (Å²) in [6, 6.07) is 25.7. The van der Waals surface area contributed by atoms with Gasteiger partial charge in [-0.2, -0.15) is 5.26 Å². The molecule has 0 N–H and O–H groups in total. The minimum absolute atomic E-state index is 0.190. The van der Waals surface area contributed by atoms with Crippen LogP contribution in [-0.4, -0.2) is 29.2 Å². The summed E-state index contributed by atoms with van der Waals surface area (Å²) in [5, 5.41) is 9.01. The van der Waals surface area contributed by atoms with Crippen LogP contribution < -0.4 is 0 Å². The van der Waals surface area contributed by atoms with Gasteiger partial charge in [-0.25, -0.2) is 13.4 Å². The zero-order chi connectivity index (χ0) is 28.9. The van der Waals surface area contributed by atoms with Gasteiger partial charge in [0.15, 0.2) is 9.84 Å². The SMILES string of the molecule is CC(C)C#N.Cc1cc(-c2cccc(/C=C(\c3ccc(S(C)(=O)=O)cc3)c3nccn3C)c2)c2ncccc2c1. The van der Waals surface area contributed by atoms with E-state index in [1.165, 1.54) is 11.8 Å². The molecule has 0 atom stereocenters. The molecule has 5 aromatic rings. The lowest BCUT2D eigenvalue weighted by molar-refractivity contribution is 0.602. The summed E-state index contributed by atoms with van der Waals surface area (Å²) in [5.41, 5.74) is 7.13. The number of imidazole rings is 1. The van der Waals surface area contributed by atoms with Gasteiger partial charge in [0.25, 0.3) is 0 Å². The molecule has 0 saturated heterocycles. The lowest BCUT2D eigenvalue weighted by Gasteiger charge is -2.11. The van der Waals surface area contributed by atoms with Crippen LogP contribution in [0.1, 0.15) is 36.4 Å². The summed E-state index contributed by atoms with van der Waals surface area (Å²) in [4.78, 5) is 9.49. The van der Waals surface area contributed by atoms with Crippen LogP contribution in [0.25, 0.3) is 33.7 Å². The fraction of sp³-hybridized carbons (Fsp3) is 0.182. The molecule has 2 aromatic heterocycles. The molecule has 3 aromatic carbocycles. The second-order valence-corrected chi connectivity index (χ2v) is 12.0. The number of aryl methyl sites for hydroxylation is 2. The monoisotopic (exact) mass is 548 g/mol. The largest absolute Gasteiger partial charge is 0.334 e. The third-order valence-corrected chi connectivity index (χ3v) is 7.40. The standard InChI is InChI=1S/C29H25N3O2S.C4H7N/c1-20-16-24-8-5-13-30-28(24)26(17-20)23-7-4-6-21(18-23)19-27(29-31-14-15-32(29)2)22-9-11-25(12-10-22)35(3,33)34;1-4(2)3-5/h4-19H,1-3H3;4H,1-2H3/b27-19+;. The van der Waals surface area contributed by atoms with Gasteiger partial charge in [-0.05, 0) is 85.5 Å². The highest BCUT2D eigenvalue weighted by Gasteiger charge is 2.13. The summed E-state index contributed by atoms with van der Waals surface area (Å²) in [6.07, 6.45) is 8.79. The lowest BCUT2D eigenvalue weighted by Crippen LogP contribution is -2.00. The van der Waals surface area contributed by atoms with Gasteiger partial charge in [-0.15, -0.1) is 0 Å². The van der Waals surface area contributed by atoms with Crippen molar-refractivity contribution in [2.45, 2.75) is 25.7 Å². The van der Waals surface area contributed by atoms with Crippen LogP contribution in [0.3, 0.4) is 0 Å². The van der Waals surface area contributed by atoms with E-state index < -0.39 is 9.84 Å². The van der Waals surface area contributed by atoms with E-state index >= 15 is 0 Å². The summed E-state index contributed by atoms with van der Waals surface area (Å²) in [5.74, 6) is 0.986. The van der Waals surface area contributed by atoms with Gasteiger partial charge >= 0.3 is 0 Å². The molecule has 0 unspecified atom stereocenters. The molecule has 0 saturated carbocycles. The molecule has 0 aliphatic heterocycles. The molecule has 202 valence electrons. The molecular weight excluding hydrogens is 516 g/mol. The molecule has 5 rings (SSSR count). The fourth-order valence-electron chi connectivity index (χ4n) is 4.31. The van der Waals surface area contributed by atoms with Crippen molar-refractivity contribution in [2.24, 2.45) is 13.0 Å². The van der Waals surface area contributed by atoms with Crippen LogP contribution in [0.4, 0.5) is 0 Å². The third kappa shape index (κ3) is 6.71. The van der Waals surface area contributed by atoms with Gasteiger partial charge in [-0.1, -0.05) is 36.4 Å². The predicted octanol–water partition coefficient (Wildman–Crippen LogP) is 7.10. The Labute approximate surface area is 236 Å². The normalized spacial score (nSPS) is 11.7. The summed E-state index contributed by atoms with van der Waals surface area (Å²) >= 11 is 0. The summed E-state index contributed by atoms with van der Waals surface area (Å²) in [6.45, 7) is 5.82. The van der Waals surface area contributed by atoms with Gasteiger partial charge in [0.1, 0.15) is 5.82 Å². The first-order chi connectivity index (χ1) is 19.1. The average molecular weight is 549 g/mol. The summed E-state index contributed by atoms with van der Waals surface area (Å²) < 4.78 is 25.8. The summed E-state index contributed by atoms with van der Waals surface area (Å²) in [7, 11) is -1.32. The van der Waals surface area contributed by atoms with Crippen molar-refractivity contribution in [1.29, 1.82) is 5.26 Å². The minimum Gasteiger partial charge on any atom is -0.334 e. The van der Waals surface area contributed by atoms with Crippen molar-refractivity contribution in [1.82, 2.24) is 14.5 Å². The van der Waals surface area contributed by atoms with Crippen molar-refractivity contribution < 1.29 is 8.42 Å². The first-order valence-electron chi connectivity index (χ1n) is 12.9. The molecule has 0 amide bonds. The first kappa shape index (κ1) is 28.5. The van der Waals surface area contributed by atoms with Gasteiger partial charge < -0.3 is 4.57 Å². The molecular formula is C33H32N4O2S. The Bertz CT molecular complexity index is 1830. The van der Waals surface area contributed by atoms with E-state index in [-0.39, 0.29) is 5.92 Å². The van der Waals surface area contributed by atoms with Gasteiger partial charge in [0, 0.05) is 54.3 Å². The van der Waals surface area contributed by atoms with Gasteiger partial charge in [0.05, 0.1) is 16.5 Å². The Kier molecular flexibility index (Phi) is 8.61. The number of benzene rings is 3. The average Bonchev–Trinajstić information content (AvgIpc) is 3.36. The molecule has 0 fully saturated rings. The fourth-order valence-corrected chi connectivity index (χ4v) is 4.94. The highest BCUT2D eigenvalue weighted by Crippen LogP contribution is 2.31. The molecule has 0 radical (unpaired) electrons. The van der Waals surface area contributed by atoms with Crippen LogP contribution in [-0.2, 0) is 16.9 Å². The molecule has 0 aliphatic carbocycles. The highest BCUT2D eigenvalue weighted by atomic mass is 32.2. The molecule has 0 spiro atoms. The number of hydrogen-bond acceptors (Lipinski definition) is 5. The second kappa shape index (κ2) is 12.1. The van der Waals surface area contributed by atoms with E-state index in [2.05, 4.69) is 59.4 Å². The lowest BCUT2D eigenvalue weighted by atomic mass is 9.96. The van der Waals surface area contributed by atoms with E-state index in [0.29, 0.717) is 4.90 Å². The molecule has 0 bridgehead atoms. The first-order valence-corrected chi connectivity index (χ1v) is 14.8. The molecule has 0 aliphatic rings. The highest BCUT2D eigenvalue weighted by molar-refractivity contribution is 7.90. The zero-order valence-electron chi connectivity index (χ0n) is 23.3. The number of nitriles is 1. The van der Waals surface area contributed by atoms with E-state index in [4.69, 9.17) is 5.26 Å². The number of rotatable bonds is 5. The quantitative estimate of drug-likeness (QED) is 0.219. The van der Waals surface area contributed by atoms with Gasteiger partial charge in [-0.3, -0.25) is 4.98 Å². The van der Waals surface area contributed by atoms with Crippen molar-refractivity contribution in [3.05, 3.63) is 114 Å². The number of sulfone groups is 1. The number of nitrogens with zero attached hydrogens (tertiary/aromatic N) is 4. The maximum Gasteiger partial charge on any atom is 0.175 e. The second-order valence-electron chi connectivity index (χ2n) is 10.0. The van der Waals surface area contributed by atoms with Crippen LogP contribution >= 0.6 is 0 Å². The Morgan fingerprint density at radius 2 is 1.70 bits per heavy atom. The minimum atomic E-state index is -3.27. The number of fused-ring (bicyclic) bond motifs is 1. The maximum atomic E-state index is 11.9. The number of aromatic nitrogens is 3. The Morgan fingerprint density at radius 1 is 0.975 bits per heavy atom. The maximum absolute atomic E-state index is 11.9. The van der Waals surface area contributed by atoms with E-state index in [9.17, 15) is 8.42 Å². The number of pyridine rings is 1. The van der Waals surface area contributed by atoms with Gasteiger partial charge in [0.2, 0.25) is 0 Å². The smallest absolute Gasteiger partial charge is 0.175 e. The third-order valence-electron chi connectivity index (χ3n) is 6.27. The molecule has 6 nitrogen and oxygen atoms in total. The predicted molar refractivity (Wildman–Crippen MR) is 162 cm³/mol. The van der Waals surface area contributed by atoms with Crippen LogP contribution in [0.2, 0.25) is 0 Å². The van der Waals surface area contributed by atoms with E-state index in [1.54, 1.807) is 18.3 Å². The van der Waals surface area contributed by atoms with Crippen LogP contribution in [0.15, 0.2) is 96.3 Å². The van der Waals surface area contributed by atoms with Crippen molar-refractivity contribution >= 4 is 32.4 Å².